The fourth-order valence-corrected chi connectivity index (χ4v) is 1.67. The maximum Gasteiger partial charge on any atom is 0.0205 e. The first-order valence-electron chi connectivity index (χ1n) is 7.15. The van der Waals surface area contributed by atoms with Crippen molar-refractivity contribution in [3.05, 3.63) is 41.5 Å². The van der Waals surface area contributed by atoms with Gasteiger partial charge in [-0.2, -0.15) is 0 Å². The van der Waals surface area contributed by atoms with E-state index < -0.39 is 0 Å². The maximum atomic E-state index is 3.50. The van der Waals surface area contributed by atoms with Crippen LogP contribution in [0.4, 0.5) is 0 Å². The van der Waals surface area contributed by atoms with Gasteiger partial charge in [0, 0.05) is 13.1 Å². The van der Waals surface area contributed by atoms with Gasteiger partial charge in [-0.05, 0) is 22.0 Å². The van der Waals surface area contributed by atoms with Crippen LogP contribution in [-0.2, 0) is 6.54 Å². The van der Waals surface area contributed by atoms with Gasteiger partial charge in [-0.25, -0.2) is 0 Å². The van der Waals surface area contributed by atoms with E-state index in [1.54, 1.807) is 0 Å². The molecule has 0 fully saturated rings. The van der Waals surface area contributed by atoms with Crippen LogP contribution >= 0.6 is 0 Å². The summed E-state index contributed by atoms with van der Waals surface area (Å²) in [5, 5.41) is 3.50. The summed E-state index contributed by atoms with van der Waals surface area (Å²) >= 11 is 0. The Bertz CT molecular complexity index is 399. The van der Waals surface area contributed by atoms with Crippen LogP contribution in [0.5, 0.6) is 0 Å². The highest BCUT2D eigenvalue weighted by atomic mass is 14.9. The van der Waals surface area contributed by atoms with Gasteiger partial charge in [-0.1, -0.05) is 78.0 Å². The van der Waals surface area contributed by atoms with E-state index in [2.05, 4.69) is 83.3 Å². The molecular formula is C18H29N. The van der Waals surface area contributed by atoms with Crippen molar-refractivity contribution in [2.24, 2.45) is 10.8 Å². The smallest absolute Gasteiger partial charge is 0.0205 e. The Morgan fingerprint density at radius 1 is 0.947 bits per heavy atom. The van der Waals surface area contributed by atoms with Gasteiger partial charge in [-0.15, -0.1) is 0 Å². The molecule has 0 bridgehead atoms. The summed E-state index contributed by atoms with van der Waals surface area (Å²) in [5.74, 6) is 0. The predicted molar refractivity (Wildman–Crippen MR) is 86.1 cm³/mol. The molecule has 0 radical (unpaired) electrons. The summed E-state index contributed by atoms with van der Waals surface area (Å²) < 4.78 is 0. The van der Waals surface area contributed by atoms with Gasteiger partial charge in [0.15, 0.2) is 0 Å². The molecule has 1 N–H and O–H groups in total. The molecule has 0 saturated heterocycles. The van der Waals surface area contributed by atoms with Gasteiger partial charge in [-0.3, -0.25) is 0 Å². The highest BCUT2D eigenvalue weighted by molar-refractivity contribution is 5.50. The van der Waals surface area contributed by atoms with E-state index in [9.17, 15) is 0 Å². The quantitative estimate of drug-likeness (QED) is 0.812. The van der Waals surface area contributed by atoms with Crippen molar-refractivity contribution in [2.45, 2.75) is 48.1 Å². The first-order chi connectivity index (χ1) is 8.66. The van der Waals surface area contributed by atoms with Crippen LogP contribution in [-0.4, -0.2) is 6.54 Å². The molecule has 1 heteroatoms. The zero-order chi connectivity index (χ0) is 14.5. The lowest BCUT2D eigenvalue weighted by molar-refractivity contribution is 0.379. The van der Waals surface area contributed by atoms with Crippen molar-refractivity contribution in [3.8, 4) is 0 Å². The molecule has 19 heavy (non-hydrogen) atoms. The average Bonchev–Trinajstić information content (AvgIpc) is 2.25. The third-order valence-electron chi connectivity index (χ3n) is 2.74. The highest BCUT2D eigenvalue weighted by Crippen LogP contribution is 2.17. The third-order valence-corrected chi connectivity index (χ3v) is 2.74. The standard InChI is InChI=1S/C18H29N/c1-17(2,3)12-11-15-7-9-16(10-8-15)13-19-14-18(4,5)6/h7-12,19H,13-14H2,1-6H3/b12-11+. The number of allylic oxidation sites excluding steroid dienone is 1. The van der Waals surface area contributed by atoms with Crippen LogP contribution in [0.15, 0.2) is 30.3 Å². The van der Waals surface area contributed by atoms with Crippen molar-refractivity contribution in [1.82, 2.24) is 5.32 Å². The second-order valence-corrected chi connectivity index (χ2v) is 7.61. The van der Waals surface area contributed by atoms with E-state index in [-0.39, 0.29) is 5.41 Å². The fourth-order valence-electron chi connectivity index (χ4n) is 1.67. The Labute approximate surface area is 119 Å². The summed E-state index contributed by atoms with van der Waals surface area (Å²) in [5.41, 5.74) is 3.20. The molecule has 0 aliphatic heterocycles. The zero-order valence-electron chi connectivity index (χ0n) is 13.4. The van der Waals surface area contributed by atoms with Crippen LogP contribution in [0.1, 0.15) is 52.7 Å². The van der Waals surface area contributed by atoms with Gasteiger partial charge >= 0.3 is 0 Å². The average molecular weight is 259 g/mol. The summed E-state index contributed by atoms with van der Waals surface area (Å²) in [7, 11) is 0. The van der Waals surface area contributed by atoms with E-state index >= 15 is 0 Å². The molecule has 1 aromatic carbocycles. The Balaban J connectivity index is 2.50. The number of nitrogens with one attached hydrogen (secondary N) is 1. The molecule has 1 nitrogen and oxygen atoms in total. The molecule has 0 unspecified atom stereocenters. The molecule has 0 aliphatic rings. The minimum Gasteiger partial charge on any atom is -0.312 e. The maximum absolute atomic E-state index is 3.50. The van der Waals surface area contributed by atoms with E-state index in [0.717, 1.165) is 13.1 Å². The Morgan fingerprint density at radius 3 is 2.00 bits per heavy atom. The van der Waals surface area contributed by atoms with Crippen molar-refractivity contribution in [1.29, 1.82) is 0 Å². The predicted octanol–water partition coefficient (Wildman–Crippen LogP) is 4.88. The minimum absolute atomic E-state index is 0.243. The molecule has 1 aromatic rings. The minimum atomic E-state index is 0.243. The molecule has 0 amide bonds. The van der Waals surface area contributed by atoms with E-state index in [1.165, 1.54) is 11.1 Å². The van der Waals surface area contributed by atoms with Gasteiger partial charge in [0.2, 0.25) is 0 Å². The summed E-state index contributed by atoms with van der Waals surface area (Å²) in [6.45, 7) is 15.4. The molecule has 0 aromatic heterocycles. The number of hydrogen-bond donors (Lipinski definition) is 1. The molecular weight excluding hydrogens is 230 g/mol. The lowest BCUT2D eigenvalue weighted by atomic mass is 9.95. The molecule has 1 rings (SSSR count). The van der Waals surface area contributed by atoms with Crippen molar-refractivity contribution in [2.75, 3.05) is 6.54 Å². The highest BCUT2D eigenvalue weighted by Gasteiger charge is 2.08. The van der Waals surface area contributed by atoms with Crippen molar-refractivity contribution < 1.29 is 0 Å². The molecule has 0 aliphatic carbocycles. The second kappa shape index (κ2) is 6.38. The Morgan fingerprint density at radius 2 is 1.53 bits per heavy atom. The lowest BCUT2D eigenvalue weighted by Crippen LogP contribution is -2.26. The van der Waals surface area contributed by atoms with Crippen LogP contribution < -0.4 is 5.32 Å². The van der Waals surface area contributed by atoms with Gasteiger partial charge in [0.05, 0.1) is 0 Å². The number of benzene rings is 1. The molecule has 0 heterocycles. The van der Waals surface area contributed by atoms with Crippen LogP contribution in [0.3, 0.4) is 0 Å². The molecule has 0 spiro atoms. The summed E-state index contributed by atoms with van der Waals surface area (Å²) in [6.07, 6.45) is 4.45. The van der Waals surface area contributed by atoms with Crippen LogP contribution in [0.25, 0.3) is 6.08 Å². The van der Waals surface area contributed by atoms with Crippen LogP contribution in [0, 0.1) is 10.8 Å². The first-order valence-corrected chi connectivity index (χ1v) is 7.15. The zero-order valence-corrected chi connectivity index (χ0v) is 13.4. The Kier molecular flexibility index (Phi) is 5.37. The summed E-state index contributed by atoms with van der Waals surface area (Å²) in [4.78, 5) is 0. The molecule has 106 valence electrons. The van der Waals surface area contributed by atoms with Gasteiger partial charge in [0.25, 0.3) is 0 Å². The van der Waals surface area contributed by atoms with Gasteiger partial charge in [0.1, 0.15) is 0 Å². The topological polar surface area (TPSA) is 12.0 Å². The molecule has 0 saturated carbocycles. The van der Waals surface area contributed by atoms with E-state index in [0.29, 0.717) is 5.41 Å². The summed E-state index contributed by atoms with van der Waals surface area (Å²) in [6, 6.07) is 8.79. The fraction of sp³-hybridized carbons (Fsp3) is 0.556. The lowest BCUT2D eigenvalue weighted by Gasteiger charge is -2.18. The van der Waals surface area contributed by atoms with E-state index in [1.807, 2.05) is 0 Å². The third kappa shape index (κ3) is 7.84. The molecule has 0 atom stereocenters. The first kappa shape index (κ1) is 16.0. The van der Waals surface area contributed by atoms with Crippen molar-refractivity contribution >= 4 is 6.08 Å². The second-order valence-electron chi connectivity index (χ2n) is 7.61. The largest absolute Gasteiger partial charge is 0.312 e. The number of hydrogen-bond acceptors (Lipinski definition) is 1. The monoisotopic (exact) mass is 259 g/mol. The SMILES string of the molecule is CC(C)(C)/C=C/c1ccc(CNCC(C)(C)C)cc1. The normalized spacial score (nSPS) is 13.2. The number of rotatable bonds is 4. The van der Waals surface area contributed by atoms with Crippen molar-refractivity contribution in [3.63, 3.8) is 0 Å². The Hall–Kier alpha value is -1.08. The van der Waals surface area contributed by atoms with E-state index in [4.69, 9.17) is 0 Å². The van der Waals surface area contributed by atoms with Crippen LogP contribution in [0.2, 0.25) is 0 Å². The van der Waals surface area contributed by atoms with Gasteiger partial charge < -0.3 is 5.32 Å².